The van der Waals surface area contributed by atoms with Gasteiger partial charge in [-0.15, -0.1) is 10.2 Å². The number of hydrogen-bond acceptors (Lipinski definition) is 5. The summed E-state index contributed by atoms with van der Waals surface area (Å²) in [5, 5.41) is 8.76. The molecule has 1 aromatic heterocycles. The van der Waals surface area contributed by atoms with Crippen molar-refractivity contribution >= 4 is 17.7 Å². The molecule has 0 aliphatic heterocycles. The van der Waals surface area contributed by atoms with Crippen LogP contribution in [0.3, 0.4) is 0 Å². The van der Waals surface area contributed by atoms with Gasteiger partial charge in [0.25, 0.3) is 0 Å². The van der Waals surface area contributed by atoms with Crippen molar-refractivity contribution < 1.29 is 9.53 Å². The van der Waals surface area contributed by atoms with Crippen LogP contribution in [-0.2, 0) is 9.53 Å². The molecule has 0 amide bonds. The van der Waals surface area contributed by atoms with Crippen molar-refractivity contribution in [1.82, 2.24) is 14.8 Å². The molecule has 5 nitrogen and oxygen atoms in total. The van der Waals surface area contributed by atoms with Gasteiger partial charge in [0.15, 0.2) is 5.16 Å². The molecule has 2 aromatic rings. The summed E-state index contributed by atoms with van der Waals surface area (Å²) < 4.78 is 7.42. The van der Waals surface area contributed by atoms with E-state index >= 15 is 0 Å². The third kappa shape index (κ3) is 4.34. The summed E-state index contributed by atoms with van der Waals surface area (Å²) in [6.45, 7) is 2.05. The number of carbonyl (C=O) groups is 1. The quantitative estimate of drug-likeness (QED) is 0.619. The Kier molecular flexibility index (Phi) is 5.33. The van der Waals surface area contributed by atoms with Crippen molar-refractivity contribution in [2.24, 2.45) is 0 Å². The predicted molar refractivity (Wildman–Crippen MR) is 89.8 cm³/mol. The van der Waals surface area contributed by atoms with E-state index in [0.717, 1.165) is 31.4 Å². The number of aryl methyl sites for hydroxylation is 1. The van der Waals surface area contributed by atoms with Gasteiger partial charge in [0.2, 0.25) is 0 Å². The Bertz CT molecular complexity index is 648. The van der Waals surface area contributed by atoms with E-state index in [1.165, 1.54) is 23.7 Å². The molecule has 0 unspecified atom stereocenters. The van der Waals surface area contributed by atoms with Crippen molar-refractivity contribution in [1.29, 1.82) is 0 Å². The number of esters is 1. The summed E-state index contributed by atoms with van der Waals surface area (Å²) in [6, 6.07) is 8.12. The zero-order valence-corrected chi connectivity index (χ0v) is 14.1. The molecule has 122 valence electrons. The molecule has 23 heavy (non-hydrogen) atoms. The molecule has 0 radical (unpaired) electrons. The Morgan fingerprint density at radius 3 is 2.74 bits per heavy atom. The molecule has 0 saturated heterocycles. The summed E-state index contributed by atoms with van der Waals surface area (Å²) in [4.78, 5) is 12.0. The lowest BCUT2D eigenvalue weighted by molar-refractivity contribution is -0.147. The topological polar surface area (TPSA) is 57.0 Å². The van der Waals surface area contributed by atoms with Crippen LogP contribution in [0.5, 0.6) is 0 Å². The van der Waals surface area contributed by atoms with E-state index in [9.17, 15) is 4.79 Å². The highest BCUT2D eigenvalue weighted by atomic mass is 32.2. The Morgan fingerprint density at radius 1 is 1.26 bits per heavy atom. The van der Waals surface area contributed by atoms with Gasteiger partial charge in [-0.25, -0.2) is 0 Å². The highest BCUT2D eigenvalue weighted by Gasteiger charge is 2.18. The van der Waals surface area contributed by atoms with Crippen LogP contribution < -0.4 is 0 Å². The molecule has 1 aliphatic carbocycles. The van der Waals surface area contributed by atoms with E-state index in [1.54, 1.807) is 6.33 Å². The summed E-state index contributed by atoms with van der Waals surface area (Å²) >= 11 is 1.36. The predicted octanol–water partition coefficient (Wildman–Crippen LogP) is 3.54. The minimum atomic E-state index is -0.166. The van der Waals surface area contributed by atoms with E-state index in [4.69, 9.17) is 4.74 Å². The lowest BCUT2D eigenvalue weighted by atomic mass is 9.98. The monoisotopic (exact) mass is 331 g/mol. The first kappa shape index (κ1) is 16.1. The molecular weight excluding hydrogens is 310 g/mol. The van der Waals surface area contributed by atoms with Crippen molar-refractivity contribution in [2.45, 2.75) is 50.3 Å². The van der Waals surface area contributed by atoms with E-state index < -0.39 is 0 Å². The van der Waals surface area contributed by atoms with E-state index in [0.29, 0.717) is 5.16 Å². The zero-order valence-electron chi connectivity index (χ0n) is 13.3. The average molecular weight is 331 g/mol. The molecule has 0 N–H and O–H groups in total. The molecule has 0 bridgehead atoms. The second kappa shape index (κ2) is 7.64. The normalized spacial score (nSPS) is 15.5. The summed E-state index contributed by atoms with van der Waals surface area (Å²) in [5.74, 6) is 0.0986. The van der Waals surface area contributed by atoms with Crippen molar-refractivity contribution in [3.05, 3.63) is 36.2 Å². The maximum atomic E-state index is 12.0. The first-order valence-electron chi connectivity index (χ1n) is 8.02. The van der Waals surface area contributed by atoms with Gasteiger partial charge in [-0.3, -0.25) is 9.36 Å². The van der Waals surface area contributed by atoms with Crippen LogP contribution in [0, 0.1) is 6.92 Å². The Balaban J connectivity index is 1.57. The fourth-order valence-electron chi connectivity index (χ4n) is 2.73. The second-order valence-electron chi connectivity index (χ2n) is 5.86. The van der Waals surface area contributed by atoms with Crippen LogP contribution in [0.4, 0.5) is 0 Å². The van der Waals surface area contributed by atoms with E-state index in [-0.39, 0.29) is 17.8 Å². The van der Waals surface area contributed by atoms with Crippen LogP contribution >= 0.6 is 11.8 Å². The lowest BCUT2D eigenvalue weighted by Crippen LogP contribution is -2.22. The molecule has 0 atom stereocenters. The average Bonchev–Trinajstić information content (AvgIpc) is 3.03. The third-order valence-electron chi connectivity index (χ3n) is 4.00. The number of hydrogen-bond donors (Lipinski definition) is 0. The second-order valence-corrected chi connectivity index (χ2v) is 6.80. The molecule has 6 heteroatoms. The van der Waals surface area contributed by atoms with Gasteiger partial charge in [0, 0.05) is 5.69 Å². The number of benzene rings is 1. The molecule has 1 heterocycles. The third-order valence-corrected chi connectivity index (χ3v) is 4.91. The van der Waals surface area contributed by atoms with Crippen LogP contribution in [0.2, 0.25) is 0 Å². The van der Waals surface area contributed by atoms with Gasteiger partial charge in [-0.1, -0.05) is 35.9 Å². The summed E-state index contributed by atoms with van der Waals surface area (Å²) in [6.07, 6.45) is 7.33. The van der Waals surface area contributed by atoms with Crippen LogP contribution in [-0.4, -0.2) is 32.6 Å². The molecular formula is C17H21N3O2S. The molecule has 3 rings (SSSR count). The minimum Gasteiger partial charge on any atom is -0.462 e. The fourth-order valence-corrected chi connectivity index (χ4v) is 3.44. The SMILES string of the molecule is Cc1ccc(-n2cnnc2SCC(=O)OC2CCCCC2)cc1. The van der Waals surface area contributed by atoms with Crippen molar-refractivity contribution in [3.8, 4) is 5.69 Å². The Morgan fingerprint density at radius 2 is 2.00 bits per heavy atom. The van der Waals surface area contributed by atoms with Crippen LogP contribution in [0.1, 0.15) is 37.7 Å². The Labute approximate surface area is 140 Å². The van der Waals surface area contributed by atoms with Gasteiger partial charge >= 0.3 is 5.97 Å². The minimum absolute atomic E-state index is 0.104. The number of nitrogens with zero attached hydrogens (tertiary/aromatic N) is 3. The molecule has 1 aliphatic rings. The van der Waals surface area contributed by atoms with Gasteiger partial charge in [-0.2, -0.15) is 0 Å². The smallest absolute Gasteiger partial charge is 0.316 e. The number of ether oxygens (including phenoxy) is 1. The molecule has 1 aromatic carbocycles. The van der Waals surface area contributed by atoms with Crippen LogP contribution in [0.25, 0.3) is 5.69 Å². The summed E-state index contributed by atoms with van der Waals surface area (Å²) in [7, 11) is 0. The molecule has 1 fully saturated rings. The zero-order chi connectivity index (χ0) is 16.1. The molecule has 0 spiro atoms. The van der Waals surface area contributed by atoms with E-state index in [1.807, 2.05) is 35.8 Å². The first-order chi connectivity index (χ1) is 11.2. The van der Waals surface area contributed by atoms with Gasteiger partial charge in [-0.05, 0) is 44.7 Å². The number of rotatable bonds is 5. The maximum absolute atomic E-state index is 12.0. The van der Waals surface area contributed by atoms with Gasteiger partial charge in [0.1, 0.15) is 12.4 Å². The fraction of sp³-hybridized carbons (Fsp3) is 0.471. The van der Waals surface area contributed by atoms with Crippen molar-refractivity contribution in [3.63, 3.8) is 0 Å². The van der Waals surface area contributed by atoms with Crippen molar-refractivity contribution in [2.75, 3.05) is 5.75 Å². The number of carbonyl (C=O) groups excluding carboxylic acids is 1. The van der Waals surface area contributed by atoms with Crippen LogP contribution in [0.15, 0.2) is 35.7 Å². The number of thioether (sulfide) groups is 1. The van der Waals surface area contributed by atoms with Gasteiger partial charge < -0.3 is 4.74 Å². The lowest BCUT2D eigenvalue weighted by Gasteiger charge is -2.21. The highest BCUT2D eigenvalue weighted by molar-refractivity contribution is 7.99. The van der Waals surface area contributed by atoms with Gasteiger partial charge in [0.05, 0.1) is 5.75 Å². The Hall–Kier alpha value is -1.82. The number of aromatic nitrogens is 3. The standard InChI is InChI=1S/C17H21N3O2S/c1-13-7-9-14(10-8-13)20-12-18-19-17(20)23-11-16(21)22-15-5-3-2-4-6-15/h7-10,12,15H,2-6,11H2,1H3. The largest absolute Gasteiger partial charge is 0.462 e. The highest BCUT2D eigenvalue weighted by Crippen LogP contribution is 2.23. The summed E-state index contributed by atoms with van der Waals surface area (Å²) in [5.41, 5.74) is 2.19. The first-order valence-corrected chi connectivity index (χ1v) is 9.00. The van der Waals surface area contributed by atoms with E-state index in [2.05, 4.69) is 10.2 Å². The maximum Gasteiger partial charge on any atom is 0.316 e. The molecule has 1 saturated carbocycles.